The molecule has 1 aromatic carbocycles. The second-order valence-corrected chi connectivity index (χ2v) is 6.17. The summed E-state index contributed by atoms with van der Waals surface area (Å²) in [5, 5.41) is 8.02. The minimum absolute atomic E-state index is 0.247. The first-order valence-electron chi connectivity index (χ1n) is 8.24. The molecular formula is C20H25FN4. The van der Waals surface area contributed by atoms with Crippen LogP contribution in [0.4, 0.5) is 4.39 Å². The fourth-order valence-electron chi connectivity index (χ4n) is 2.78. The quantitative estimate of drug-likeness (QED) is 0.618. The number of piperazine rings is 1. The molecule has 0 unspecified atom stereocenters. The van der Waals surface area contributed by atoms with Crippen molar-refractivity contribution in [3.8, 4) is 0 Å². The summed E-state index contributed by atoms with van der Waals surface area (Å²) >= 11 is 0. The topological polar surface area (TPSA) is 56.4 Å². The van der Waals surface area contributed by atoms with Gasteiger partial charge in [0.25, 0.3) is 0 Å². The molecule has 0 spiro atoms. The van der Waals surface area contributed by atoms with E-state index in [1.165, 1.54) is 12.1 Å². The van der Waals surface area contributed by atoms with Gasteiger partial charge in [-0.05, 0) is 30.7 Å². The van der Waals surface area contributed by atoms with Crippen molar-refractivity contribution < 1.29 is 4.39 Å². The van der Waals surface area contributed by atoms with E-state index in [2.05, 4.69) is 28.7 Å². The Bertz CT molecular complexity index is 715. The molecule has 3 N–H and O–H groups in total. The van der Waals surface area contributed by atoms with Crippen LogP contribution in [0.1, 0.15) is 12.5 Å². The van der Waals surface area contributed by atoms with E-state index in [1.54, 1.807) is 25.1 Å². The van der Waals surface area contributed by atoms with Gasteiger partial charge >= 0.3 is 0 Å². The average molecular weight is 340 g/mol. The largest absolute Gasteiger partial charge is 0.402 e. The van der Waals surface area contributed by atoms with Crippen LogP contribution in [0.15, 0.2) is 60.6 Å². The summed E-state index contributed by atoms with van der Waals surface area (Å²) in [4.78, 5) is 4.40. The first-order chi connectivity index (χ1) is 11.9. The third kappa shape index (κ3) is 5.18. The van der Waals surface area contributed by atoms with Crippen LogP contribution in [-0.4, -0.2) is 48.2 Å². The number of nitrogens with one attached hydrogen (secondary N) is 1. The summed E-state index contributed by atoms with van der Waals surface area (Å²) in [5.41, 5.74) is 12.2. The molecule has 132 valence electrons. The van der Waals surface area contributed by atoms with Gasteiger partial charge in [0.15, 0.2) is 0 Å². The Hall–Kier alpha value is -2.62. The molecule has 1 aromatic rings. The summed E-state index contributed by atoms with van der Waals surface area (Å²) in [6.07, 6.45) is 1.63. The lowest BCUT2D eigenvalue weighted by Crippen LogP contribution is -2.46. The van der Waals surface area contributed by atoms with E-state index in [9.17, 15) is 4.39 Å². The van der Waals surface area contributed by atoms with Crippen LogP contribution < -0.4 is 5.73 Å². The maximum absolute atomic E-state index is 13.1. The van der Waals surface area contributed by atoms with E-state index in [4.69, 9.17) is 11.1 Å². The predicted octanol–water partition coefficient (Wildman–Crippen LogP) is 3.01. The highest BCUT2D eigenvalue weighted by molar-refractivity contribution is 6.05. The molecule has 0 amide bonds. The second-order valence-electron chi connectivity index (χ2n) is 6.17. The molecule has 0 saturated carbocycles. The Morgan fingerprint density at radius 1 is 1.28 bits per heavy atom. The van der Waals surface area contributed by atoms with Crippen LogP contribution in [0.25, 0.3) is 5.57 Å². The van der Waals surface area contributed by atoms with Gasteiger partial charge in [-0.2, -0.15) is 0 Å². The molecule has 1 aliphatic heterocycles. The molecule has 0 aliphatic carbocycles. The number of allylic oxidation sites excluding steroid dienone is 2. The number of halogens is 1. The minimum atomic E-state index is -0.247. The lowest BCUT2D eigenvalue weighted by molar-refractivity contribution is 0.180. The van der Waals surface area contributed by atoms with Gasteiger partial charge in [-0.3, -0.25) is 10.3 Å². The van der Waals surface area contributed by atoms with Crippen LogP contribution in [-0.2, 0) is 0 Å². The average Bonchev–Trinajstić information content (AvgIpc) is 2.60. The van der Waals surface area contributed by atoms with Crippen molar-refractivity contribution >= 4 is 11.3 Å². The molecule has 1 fully saturated rings. The lowest BCUT2D eigenvalue weighted by atomic mass is 10.1. The van der Waals surface area contributed by atoms with E-state index in [-0.39, 0.29) is 5.82 Å². The first kappa shape index (κ1) is 18.7. The first-order valence-corrected chi connectivity index (χ1v) is 8.24. The van der Waals surface area contributed by atoms with E-state index in [0.717, 1.165) is 37.3 Å². The molecule has 0 bridgehead atoms. The fourth-order valence-corrected chi connectivity index (χ4v) is 2.78. The van der Waals surface area contributed by atoms with Crippen molar-refractivity contribution in [2.75, 3.05) is 32.7 Å². The molecule has 0 aromatic heterocycles. The molecule has 25 heavy (non-hydrogen) atoms. The van der Waals surface area contributed by atoms with E-state index < -0.39 is 0 Å². The zero-order valence-electron chi connectivity index (χ0n) is 14.7. The number of benzene rings is 1. The molecule has 5 heteroatoms. The Morgan fingerprint density at radius 3 is 2.40 bits per heavy atom. The molecule has 1 aliphatic rings. The van der Waals surface area contributed by atoms with Crippen LogP contribution in [0.2, 0.25) is 0 Å². The van der Waals surface area contributed by atoms with Gasteiger partial charge in [-0.25, -0.2) is 4.39 Å². The number of hydrogen-bond acceptors (Lipinski definition) is 4. The Balaban J connectivity index is 1.92. The van der Waals surface area contributed by atoms with Gasteiger partial charge in [0, 0.05) is 44.0 Å². The van der Waals surface area contributed by atoms with Gasteiger partial charge in [0.05, 0.1) is 11.4 Å². The standard InChI is InChI=1S/C20H25FN4/c1-4-17(18-5-7-19(21)8-6-18)14-24-9-11-25(12-10-24)16(3)20(23)13-15(2)22/h5-8,13,23H,1,3,9-12,14,22H2,2H3. The van der Waals surface area contributed by atoms with E-state index >= 15 is 0 Å². The maximum Gasteiger partial charge on any atom is 0.123 e. The van der Waals surface area contributed by atoms with Crippen molar-refractivity contribution in [2.24, 2.45) is 5.73 Å². The highest BCUT2D eigenvalue weighted by Gasteiger charge is 2.20. The van der Waals surface area contributed by atoms with E-state index in [1.807, 2.05) is 0 Å². The van der Waals surface area contributed by atoms with Crippen molar-refractivity contribution in [1.82, 2.24) is 9.80 Å². The van der Waals surface area contributed by atoms with Crippen LogP contribution in [0.3, 0.4) is 0 Å². The highest BCUT2D eigenvalue weighted by Crippen LogP contribution is 2.17. The summed E-state index contributed by atoms with van der Waals surface area (Å²) in [5.74, 6) is -0.247. The van der Waals surface area contributed by atoms with Gasteiger partial charge in [0.2, 0.25) is 0 Å². The molecule has 2 rings (SSSR count). The third-order valence-corrected chi connectivity index (χ3v) is 4.22. The molecule has 4 nitrogen and oxygen atoms in total. The van der Waals surface area contributed by atoms with Gasteiger partial charge in [0.1, 0.15) is 5.82 Å². The predicted molar refractivity (Wildman–Crippen MR) is 102 cm³/mol. The number of nitrogens with zero attached hydrogens (tertiary/aromatic N) is 2. The molecule has 0 atom stereocenters. The van der Waals surface area contributed by atoms with Crippen molar-refractivity contribution in [2.45, 2.75) is 6.92 Å². The van der Waals surface area contributed by atoms with E-state index in [0.29, 0.717) is 23.7 Å². The van der Waals surface area contributed by atoms with Crippen molar-refractivity contribution in [3.63, 3.8) is 0 Å². The van der Waals surface area contributed by atoms with Gasteiger partial charge in [-0.15, -0.1) is 5.73 Å². The molecule has 0 radical (unpaired) electrons. The maximum atomic E-state index is 13.1. The summed E-state index contributed by atoms with van der Waals surface area (Å²) in [6.45, 7) is 13.6. The highest BCUT2D eigenvalue weighted by atomic mass is 19.1. The Labute approximate surface area is 148 Å². The zero-order chi connectivity index (χ0) is 18.4. The molecular weight excluding hydrogens is 315 g/mol. The number of rotatable bonds is 6. The monoisotopic (exact) mass is 340 g/mol. The van der Waals surface area contributed by atoms with Crippen LogP contribution >= 0.6 is 0 Å². The lowest BCUT2D eigenvalue weighted by Gasteiger charge is -2.37. The second kappa shape index (κ2) is 8.47. The van der Waals surface area contributed by atoms with Gasteiger partial charge < -0.3 is 10.6 Å². The summed E-state index contributed by atoms with van der Waals surface area (Å²) in [7, 11) is 0. The van der Waals surface area contributed by atoms with Crippen LogP contribution in [0, 0.1) is 11.2 Å². The number of hydrogen-bond donors (Lipinski definition) is 2. The Kier molecular flexibility index (Phi) is 6.34. The summed E-state index contributed by atoms with van der Waals surface area (Å²) in [6, 6.07) is 6.41. The minimum Gasteiger partial charge on any atom is -0.402 e. The normalized spacial score (nSPS) is 15.6. The molecule has 1 heterocycles. The number of nitrogens with two attached hydrogens (primary N) is 1. The summed E-state index contributed by atoms with van der Waals surface area (Å²) < 4.78 is 13.1. The molecule has 1 saturated heterocycles. The third-order valence-electron chi connectivity index (χ3n) is 4.22. The fraction of sp³-hybridized carbons (Fsp3) is 0.300. The SMILES string of the molecule is C=C=C(CN1CCN(C(=C)C(=N)C=C(C)N)CC1)c1ccc(F)cc1. The smallest absolute Gasteiger partial charge is 0.123 e. The van der Waals surface area contributed by atoms with Crippen molar-refractivity contribution in [1.29, 1.82) is 5.41 Å². The van der Waals surface area contributed by atoms with Crippen molar-refractivity contribution in [3.05, 3.63) is 72.0 Å². The van der Waals surface area contributed by atoms with Gasteiger partial charge in [-0.1, -0.05) is 25.3 Å². The zero-order valence-corrected chi connectivity index (χ0v) is 14.7. The van der Waals surface area contributed by atoms with Crippen LogP contribution in [0.5, 0.6) is 0 Å². The Morgan fingerprint density at radius 2 is 1.88 bits per heavy atom.